The number of hydrogen-bond acceptors (Lipinski definition) is 6. The van der Waals surface area contributed by atoms with Gasteiger partial charge in [-0.05, 0) is 36.4 Å². The van der Waals surface area contributed by atoms with Crippen molar-refractivity contribution in [1.29, 1.82) is 5.26 Å². The van der Waals surface area contributed by atoms with Crippen molar-refractivity contribution in [3.63, 3.8) is 0 Å². The molecule has 0 saturated carbocycles. The predicted molar refractivity (Wildman–Crippen MR) is 91.3 cm³/mol. The first kappa shape index (κ1) is 18.7. The minimum Gasteiger partial charge on any atom is -0.459 e. The molecule has 1 N–H and O–H groups in total. The van der Waals surface area contributed by atoms with Crippen LogP contribution in [0, 0.1) is 11.3 Å². The van der Waals surface area contributed by atoms with Crippen molar-refractivity contribution in [3.05, 3.63) is 54.0 Å². The first-order valence-corrected chi connectivity index (χ1v) is 7.74. The predicted octanol–water partition coefficient (Wildman–Crippen LogP) is 2.06. The van der Waals surface area contributed by atoms with Crippen LogP contribution in [0.4, 0.5) is 5.69 Å². The SMILES string of the molecule is CN(CCC#N)C(=O)COC(=O)c1ccc(NC(=O)c2ccco2)cc1. The summed E-state index contributed by atoms with van der Waals surface area (Å²) in [5.41, 5.74) is 0.726. The quantitative estimate of drug-likeness (QED) is 0.761. The maximum absolute atomic E-state index is 12.0. The molecular weight excluding hydrogens is 338 g/mol. The zero-order valence-corrected chi connectivity index (χ0v) is 14.1. The van der Waals surface area contributed by atoms with E-state index in [-0.39, 0.29) is 24.3 Å². The lowest BCUT2D eigenvalue weighted by Gasteiger charge is -2.15. The molecule has 0 radical (unpaired) electrons. The third kappa shape index (κ3) is 5.21. The molecule has 2 aromatic rings. The molecule has 8 heteroatoms. The lowest BCUT2D eigenvalue weighted by atomic mass is 10.2. The molecule has 2 amide bonds. The van der Waals surface area contributed by atoms with Gasteiger partial charge in [-0.25, -0.2) is 4.79 Å². The number of nitrogens with one attached hydrogen (secondary N) is 1. The number of likely N-dealkylation sites (N-methyl/N-ethyl adjacent to an activating group) is 1. The summed E-state index contributed by atoms with van der Waals surface area (Å²) in [5, 5.41) is 11.1. The fourth-order valence-electron chi connectivity index (χ4n) is 1.95. The Kier molecular flexibility index (Phi) is 6.51. The van der Waals surface area contributed by atoms with Crippen molar-refractivity contribution in [2.75, 3.05) is 25.5 Å². The Bertz CT molecular complexity index is 806. The van der Waals surface area contributed by atoms with E-state index < -0.39 is 24.4 Å². The van der Waals surface area contributed by atoms with Crippen molar-refractivity contribution in [3.8, 4) is 6.07 Å². The largest absolute Gasteiger partial charge is 0.459 e. The Morgan fingerprint density at radius 3 is 2.58 bits per heavy atom. The number of nitrogens with zero attached hydrogens (tertiary/aromatic N) is 2. The van der Waals surface area contributed by atoms with E-state index in [2.05, 4.69) is 5.32 Å². The standard InChI is InChI=1S/C18H17N3O5/c1-21(10-3-9-19)16(22)12-26-18(24)13-5-7-14(8-6-13)20-17(23)15-4-2-11-25-15/h2,4-8,11H,3,10,12H2,1H3,(H,20,23). The smallest absolute Gasteiger partial charge is 0.338 e. The summed E-state index contributed by atoms with van der Waals surface area (Å²) >= 11 is 0. The highest BCUT2D eigenvalue weighted by molar-refractivity contribution is 6.02. The van der Waals surface area contributed by atoms with E-state index in [0.717, 1.165) is 0 Å². The Morgan fingerprint density at radius 1 is 1.23 bits per heavy atom. The molecule has 0 aliphatic carbocycles. The molecule has 1 aromatic heterocycles. The first-order valence-electron chi connectivity index (χ1n) is 7.74. The molecule has 8 nitrogen and oxygen atoms in total. The second kappa shape index (κ2) is 9.03. The van der Waals surface area contributed by atoms with Crippen molar-refractivity contribution in [2.45, 2.75) is 6.42 Å². The number of rotatable bonds is 7. The van der Waals surface area contributed by atoms with Gasteiger partial charge in [0.15, 0.2) is 12.4 Å². The zero-order chi connectivity index (χ0) is 18.9. The molecule has 0 fully saturated rings. The number of ether oxygens (including phenoxy) is 1. The Balaban J connectivity index is 1.85. The molecule has 0 aliphatic rings. The highest BCUT2D eigenvalue weighted by atomic mass is 16.5. The van der Waals surface area contributed by atoms with E-state index in [4.69, 9.17) is 14.4 Å². The third-order valence-corrected chi connectivity index (χ3v) is 3.43. The van der Waals surface area contributed by atoms with Gasteiger partial charge in [0.1, 0.15) is 0 Å². The Morgan fingerprint density at radius 2 is 1.96 bits per heavy atom. The molecule has 134 valence electrons. The molecule has 0 saturated heterocycles. The Labute approximate surface area is 150 Å². The molecule has 0 spiro atoms. The van der Waals surface area contributed by atoms with Crippen LogP contribution in [-0.4, -0.2) is 42.9 Å². The third-order valence-electron chi connectivity index (χ3n) is 3.43. The summed E-state index contributed by atoms with van der Waals surface area (Å²) < 4.78 is 9.94. The number of furan rings is 1. The molecule has 0 aliphatic heterocycles. The average molecular weight is 355 g/mol. The summed E-state index contributed by atoms with van der Waals surface area (Å²) in [7, 11) is 1.53. The Hall–Kier alpha value is -3.60. The minimum atomic E-state index is -0.657. The molecule has 26 heavy (non-hydrogen) atoms. The van der Waals surface area contributed by atoms with Gasteiger partial charge in [0.2, 0.25) is 0 Å². The van der Waals surface area contributed by atoms with Crippen LogP contribution < -0.4 is 5.32 Å². The highest BCUT2D eigenvalue weighted by Gasteiger charge is 2.14. The second-order valence-corrected chi connectivity index (χ2v) is 5.31. The van der Waals surface area contributed by atoms with Gasteiger partial charge < -0.3 is 19.4 Å². The number of amides is 2. The van der Waals surface area contributed by atoms with Crippen LogP contribution in [0.2, 0.25) is 0 Å². The van der Waals surface area contributed by atoms with Crippen molar-refractivity contribution in [1.82, 2.24) is 4.90 Å². The summed E-state index contributed by atoms with van der Waals surface area (Å²) in [6.07, 6.45) is 1.61. The number of nitriles is 1. The molecule has 0 atom stereocenters. The molecular formula is C18H17N3O5. The summed E-state index contributed by atoms with van der Waals surface area (Å²) in [6.45, 7) is -0.130. The maximum Gasteiger partial charge on any atom is 0.338 e. The van der Waals surface area contributed by atoms with Crippen LogP contribution in [-0.2, 0) is 9.53 Å². The fraction of sp³-hybridized carbons (Fsp3) is 0.222. The van der Waals surface area contributed by atoms with Gasteiger partial charge in [-0.3, -0.25) is 9.59 Å². The molecule has 1 aromatic carbocycles. The summed E-state index contributed by atoms with van der Waals surface area (Å²) in [4.78, 5) is 36.9. The molecule has 1 heterocycles. The second-order valence-electron chi connectivity index (χ2n) is 5.31. The van der Waals surface area contributed by atoms with Gasteiger partial charge in [-0.1, -0.05) is 0 Å². The van der Waals surface area contributed by atoms with Crippen LogP contribution in [0.1, 0.15) is 27.3 Å². The number of carbonyl (C=O) groups is 3. The zero-order valence-electron chi connectivity index (χ0n) is 14.1. The summed E-state index contributed by atoms with van der Waals surface area (Å²) in [6, 6.07) is 11.1. The van der Waals surface area contributed by atoms with E-state index in [9.17, 15) is 14.4 Å². The number of benzene rings is 1. The van der Waals surface area contributed by atoms with Crippen LogP contribution in [0.15, 0.2) is 47.1 Å². The van der Waals surface area contributed by atoms with Crippen LogP contribution in [0.5, 0.6) is 0 Å². The summed E-state index contributed by atoms with van der Waals surface area (Å²) in [5.74, 6) is -1.28. The number of carbonyl (C=O) groups excluding carboxylic acids is 3. The fourth-order valence-corrected chi connectivity index (χ4v) is 1.95. The van der Waals surface area contributed by atoms with Crippen LogP contribution >= 0.6 is 0 Å². The highest BCUT2D eigenvalue weighted by Crippen LogP contribution is 2.12. The van der Waals surface area contributed by atoms with Gasteiger partial charge >= 0.3 is 5.97 Å². The number of esters is 1. The minimum absolute atomic E-state index is 0.174. The van der Waals surface area contributed by atoms with E-state index in [0.29, 0.717) is 5.69 Å². The molecule has 0 bridgehead atoms. The number of hydrogen-bond donors (Lipinski definition) is 1. The molecule has 0 unspecified atom stereocenters. The monoisotopic (exact) mass is 355 g/mol. The first-order chi connectivity index (χ1) is 12.5. The van der Waals surface area contributed by atoms with Gasteiger partial charge in [-0.2, -0.15) is 5.26 Å². The van der Waals surface area contributed by atoms with Crippen LogP contribution in [0.25, 0.3) is 0 Å². The van der Waals surface area contributed by atoms with Gasteiger partial charge in [-0.15, -0.1) is 0 Å². The van der Waals surface area contributed by atoms with Gasteiger partial charge in [0.25, 0.3) is 11.8 Å². The van der Waals surface area contributed by atoms with Crippen molar-refractivity contribution < 1.29 is 23.5 Å². The maximum atomic E-state index is 12.0. The number of anilines is 1. The van der Waals surface area contributed by atoms with Gasteiger partial charge in [0, 0.05) is 19.3 Å². The van der Waals surface area contributed by atoms with Crippen molar-refractivity contribution >= 4 is 23.5 Å². The van der Waals surface area contributed by atoms with E-state index in [1.54, 1.807) is 6.07 Å². The lowest BCUT2D eigenvalue weighted by molar-refractivity contribution is -0.133. The topological polar surface area (TPSA) is 113 Å². The molecule has 2 rings (SSSR count). The van der Waals surface area contributed by atoms with E-state index in [1.165, 1.54) is 48.5 Å². The normalized spacial score (nSPS) is 9.85. The van der Waals surface area contributed by atoms with E-state index in [1.807, 2.05) is 6.07 Å². The average Bonchev–Trinajstić information content (AvgIpc) is 3.19. The van der Waals surface area contributed by atoms with Crippen LogP contribution in [0.3, 0.4) is 0 Å². The van der Waals surface area contributed by atoms with Crippen molar-refractivity contribution in [2.24, 2.45) is 0 Å². The van der Waals surface area contributed by atoms with Gasteiger partial charge in [0.05, 0.1) is 24.3 Å². The van der Waals surface area contributed by atoms with E-state index >= 15 is 0 Å². The lowest BCUT2D eigenvalue weighted by Crippen LogP contribution is -2.31.